The first kappa shape index (κ1) is 13.9. The molecule has 0 spiro atoms. The van der Waals surface area contributed by atoms with Gasteiger partial charge in [0.2, 0.25) is 0 Å². The molecule has 0 aromatic carbocycles. The third-order valence-electron chi connectivity index (χ3n) is 3.16. The van der Waals surface area contributed by atoms with Gasteiger partial charge < -0.3 is 20.3 Å². The van der Waals surface area contributed by atoms with Crippen molar-refractivity contribution in [2.24, 2.45) is 5.92 Å². The van der Waals surface area contributed by atoms with Crippen LogP contribution in [-0.4, -0.2) is 48.7 Å². The van der Waals surface area contributed by atoms with E-state index in [1.807, 2.05) is 0 Å². The van der Waals surface area contributed by atoms with Crippen LogP contribution in [0.5, 0.6) is 0 Å². The lowest BCUT2D eigenvalue weighted by Gasteiger charge is -2.27. The van der Waals surface area contributed by atoms with Gasteiger partial charge in [-0.15, -0.1) is 0 Å². The molecule has 16 heavy (non-hydrogen) atoms. The van der Waals surface area contributed by atoms with E-state index in [0.717, 1.165) is 18.8 Å². The molecule has 0 bridgehead atoms. The Morgan fingerprint density at radius 3 is 2.62 bits per heavy atom. The smallest absolute Gasteiger partial charge is 0.0897 e. The van der Waals surface area contributed by atoms with E-state index in [1.54, 1.807) is 0 Å². The predicted molar refractivity (Wildman–Crippen MR) is 63.3 cm³/mol. The molecule has 3 N–H and O–H groups in total. The zero-order valence-electron chi connectivity index (χ0n) is 10.2. The Kier molecular flexibility index (Phi) is 6.96. The van der Waals surface area contributed by atoms with Crippen molar-refractivity contribution in [3.8, 4) is 0 Å². The molecule has 4 heteroatoms. The van der Waals surface area contributed by atoms with Crippen molar-refractivity contribution in [3.05, 3.63) is 0 Å². The summed E-state index contributed by atoms with van der Waals surface area (Å²) in [6, 6.07) is 0. The molecule has 1 rings (SSSR count). The first-order valence-corrected chi connectivity index (χ1v) is 6.33. The number of hydrogen-bond acceptors (Lipinski definition) is 4. The van der Waals surface area contributed by atoms with Gasteiger partial charge in [-0.05, 0) is 31.6 Å². The number of rotatable bonds is 7. The Morgan fingerprint density at radius 2 is 2.00 bits per heavy atom. The predicted octanol–water partition coefficient (Wildman–Crippen LogP) is 0.524. The number of aliphatic hydroxyl groups excluding tert-OH is 2. The van der Waals surface area contributed by atoms with E-state index < -0.39 is 6.10 Å². The fourth-order valence-electron chi connectivity index (χ4n) is 2.05. The Labute approximate surface area is 98.0 Å². The third-order valence-corrected chi connectivity index (χ3v) is 3.16. The van der Waals surface area contributed by atoms with Gasteiger partial charge in [0.15, 0.2) is 0 Å². The number of aliphatic hydroxyl groups is 2. The summed E-state index contributed by atoms with van der Waals surface area (Å²) in [6.45, 7) is 3.80. The van der Waals surface area contributed by atoms with Gasteiger partial charge in [-0.2, -0.15) is 0 Å². The van der Waals surface area contributed by atoms with E-state index >= 15 is 0 Å². The SMILES string of the molecule is CC1CCC(OCC(O)CNCCO)CC1. The molecule has 1 aliphatic carbocycles. The van der Waals surface area contributed by atoms with Crippen molar-refractivity contribution in [2.75, 3.05) is 26.3 Å². The summed E-state index contributed by atoms with van der Waals surface area (Å²) < 4.78 is 5.67. The molecule has 1 saturated carbocycles. The standard InChI is InChI=1S/C12H25NO3/c1-10-2-4-12(5-3-10)16-9-11(15)8-13-6-7-14/h10-15H,2-9H2,1H3. The minimum Gasteiger partial charge on any atom is -0.395 e. The van der Waals surface area contributed by atoms with Crippen LogP contribution in [0.1, 0.15) is 32.6 Å². The molecule has 0 aromatic rings. The Balaban J connectivity index is 2.00. The lowest BCUT2D eigenvalue weighted by molar-refractivity contribution is -0.0279. The highest BCUT2D eigenvalue weighted by molar-refractivity contribution is 4.70. The number of ether oxygens (including phenoxy) is 1. The second-order valence-electron chi connectivity index (χ2n) is 4.80. The normalized spacial score (nSPS) is 27.9. The molecule has 1 fully saturated rings. The van der Waals surface area contributed by atoms with Crippen molar-refractivity contribution >= 4 is 0 Å². The van der Waals surface area contributed by atoms with Crippen LogP contribution in [0.15, 0.2) is 0 Å². The molecule has 4 nitrogen and oxygen atoms in total. The second kappa shape index (κ2) is 8.01. The summed E-state index contributed by atoms with van der Waals surface area (Å²) in [5, 5.41) is 21.1. The van der Waals surface area contributed by atoms with E-state index in [4.69, 9.17) is 9.84 Å². The summed E-state index contributed by atoms with van der Waals surface area (Å²) in [7, 11) is 0. The van der Waals surface area contributed by atoms with E-state index in [0.29, 0.717) is 25.8 Å². The molecule has 0 aliphatic heterocycles. The first-order valence-electron chi connectivity index (χ1n) is 6.33. The molecule has 1 unspecified atom stereocenters. The van der Waals surface area contributed by atoms with Crippen LogP contribution in [0.25, 0.3) is 0 Å². The van der Waals surface area contributed by atoms with Gasteiger partial charge in [0.05, 0.1) is 25.4 Å². The van der Waals surface area contributed by atoms with Crippen LogP contribution in [0, 0.1) is 5.92 Å². The minimum atomic E-state index is -0.467. The summed E-state index contributed by atoms with van der Waals surface area (Å²) in [5.41, 5.74) is 0. The molecule has 1 aliphatic rings. The Bertz CT molecular complexity index is 170. The van der Waals surface area contributed by atoms with Crippen molar-refractivity contribution < 1.29 is 14.9 Å². The molecular weight excluding hydrogens is 206 g/mol. The van der Waals surface area contributed by atoms with Gasteiger partial charge in [0.1, 0.15) is 0 Å². The maximum absolute atomic E-state index is 9.59. The highest BCUT2D eigenvalue weighted by Crippen LogP contribution is 2.25. The van der Waals surface area contributed by atoms with Crippen molar-refractivity contribution in [1.29, 1.82) is 0 Å². The summed E-state index contributed by atoms with van der Waals surface area (Å²) in [6.07, 6.45) is 4.60. The van der Waals surface area contributed by atoms with Crippen LogP contribution < -0.4 is 5.32 Å². The van der Waals surface area contributed by atoms with Gasteiger partial charge in [0, 0.05) is 13.1 Å². The maximum Gasteiger partial charge on any atom is 0.0897 e. The van der Waals surface area contributed by atoms with Gasteiger partial charge in [0.25, 0.3) is 0 Å². The summed E-state index contributed by atoms with van der Waals surface area (Å²) in [5.74, 6) is 0.830. The van der Waals surface area contributed by atoms with Crippen molar-refractivity contribution in [1.82, 2.24) is 5.32 Å². The van der Waals surface area contributed by atoms with Crippen molar-refractivity contribution in [3.63, 3.8) is 0 Å². The van der Waals surface area contributed by atoms with E-state index in [1.165, 1.54) is 12.8 Å². The summed E-state index contributed by atoms with van der Waals surface area (Å²) >= 11 is 0. The lowest BCUT2D eigenvalue weighted by atomic mass is 9.89. The van der Waals surface area contributed by atoms with Gasteiger partial charge in [-0.3, -0.25) is 0 Å². The molecule has 0 aromatic heterocycles. The highest BCUT2D eigenvalue weighted by atomic mass is 16.5. The molecule has 1 atom stereocenters. The van der Waals surface area contributed by atoms with E-state index in [2.05, 4.69) is 12.2 Å². The minimum absolute atomic E-state index is 0.105. The summed E-state index contributed by atoms with van der Waals surface area (Å²) in [4.78, 5) is 0. The fraction of sp³-hybridized carbons (Fsp3) is 1.00. The van der Waals surface area contributed by atoms with Crippen LogP contribution in [0.4, 0.5) is 0 Å². The average Bonchev–Trinajstić information content (AvgIpc) is 2.29. The quantitative estimate of drug-likeness (QED) is 0.559. The zero-order valence-corrected chi connectivity index (χ0v) is 10.2. The van der Waals surface area contributed by atoms with Gasteiger partial charge in [-0.25, -0.2) is 0 Å². The van der Waals surface area contributed by atoms with Crippen LogP contribution >= 0.6 is 0 Å². The number of hydrogen-bond donors (Lipinski definition) is 3. The molecule has 0 saturated heterocycles. The molecule has 96 valence electrons. The first-order chi connectivity index (χ1) is 7.72. The zero-order chi connectivity index (χ0) is 11.8. The largest absolute Gasteiger partial charge is 0.395 e. The van der Waals surface area contributed by atoms with Gasteiger partial charge >= 0.3 is 0 Å². The molecule has 0 heterocycles. The number of nitrogens with one attached hydrogen (secondary N) is 1. The Hall–Kier alpha value is -0.160. The topological polar surface area (TPSA) is 61.7 Å². The molecule has 0 amide bonds. The fourth-order valence-corrected chi connectivity index (χ4v) is 2.05. The average molecular weight is 231 g/mol. The van der Waals surface area contributed by atoms with Crippen LogP contribution in [0.3, 0.4) is 0 Å². The van der Waals surface area contributed by atoms with Crippen molar-refractivity contribution in [2.45, 2.75) is 44.8 Å². The monoisotopic (exact) mass is 231 g/mol. The second-order valence-corrected chi connectivity index (χ2v) is 4.80. The molecule has 0 radical (unpaired) electrons. The maximum atomic E-state index is 9.59. The third kappa shape index (κ3) is 5.80. The molecular formula is C12H25NO3. The van der Waals surface area contributed by atoms with E-state index in [-0.39, 0.29) is 6.61 Å². The van der Waals surface area contributed by atoms with Crippen LogP contribution in [0.2, 0.25) is 0 Å². The van der Waals surface area contributed by atoms with Crippen LogP contribution in [-0.2, 0) is 4.74 Å². The lowest BCUT2D eigenvalue weighted by Crippen LogP contribution is -2.34. The van der Waals surface area contributed by atoms with Gasteiger partial charge in [-0.1, -0.05) is 6.92 Å². The highest BCUT2D eigenvalue weighted by Gasteiger charge is 2.19. The van der Waals surface area contributed by atoms with E-state index in [9.17, 15) is 5.11 Å². The Morgan fingerprint density at radius 1 is 1.31 bits per heavy atom.